The third-order valence-electron chi connectivity index (χ3n) is 6.10. The molecule has 2 unspecified atom stereocenters. The number of benzene rings is 1. The number of hydrogen-bond donors (Lipinski definition) is 1. The number of fused-ring (bicyclic) bond motifs is 1. The van der Waals surface area contributed by atoms with Gasteiger partial charge in [-0.25, -0.2) is 4.79 Å². The fourth-order valence-electron chi connectivity index (χ4n) is 3.78. The highest BCUT2D eigenvalue weighted by Crippen LogP contribution is 2.40. The smallest absolute Gasteiger partial charge is 0.333 e. The summed E-state index contributed by atoms with van der Waals surface area (Å²) in [6.07, 6.45) is 3.78. The number of aliphatic hydroxyl groups excluding tert-OH is 1. The van der Waals surface area contributed by atoms with E-state index >= 15 is 0 Å². The Hall–Kier alpha value is -2.73. The van der Waals surface area contributed by atoms with Crippen LogP contribution in [0, 0.1) is 5.41 Å². The molecule has 166 valence electrons. The second-order valence-electron chi connectivity index (χ2n) is 9.45. The third-order valence-corrected chi connectivity index (χ3v) is 6.10. The van der Waals surface area contributed by atoms with Gasteiger partial charge in [-0.3, -0.25) is 9.59 Å². The van der Waals surface area contributed by atoms with Crippen LogP contribution >= 0.6 is 0 Å². The Morgan fingerprint density at radius 3 is 2.45 bits per heavy atom. The molecule has 1 N–H and O–H groups in total. The van der Waals surface area contributed by atoms with Gasteiger partial charge in [-0.05, 0) is 40.0 Å². The van der Waals surface area contributed by atoms with Gasteiger partial charge in [0, 0.05) is 27.7 Å². The van der Waals surface area contributed by atoms with Crippen LogP contribution in [0.5, 0.6) is 0 Å². The molecule has 0 bridgehead atoms. The number of carbonyl (C=O) groups is 3. The molecular formula is C25H30O6. The molecule has 0 radical (unpaired) electrons. The Bertz CT molecular complexity index is 983. The van der Waals surface area contributed by atoms with Gasteiger partial charge in [-0.2, -0.15) is 0 Å². The predicted octanol–water partition coefficient (Wildman–Crippen LogP) is 4.58. The van der Waals surface area contributed by atoms with Crippen molar-refractivity contribution < 1.29 is 29.0 Å². The Balaban J connectivity index is 1.61. The highest BCUT2D eigenvalue weighted by molar-refractivity contribution is 6.52. The summed E-state index contributed by atoms with van der Waals surface area (Å²) in [4.78, 5) is 37.3. The van der Waals surface area contributed by atoms with Crippen LogP contribution in [0.4, 0.5) is 0 Å². The van der Waals surface area contributed by atoms with Crippen LogP contribution in [0.15, 0.2) is 41.5 Å². The Morgan fingerprint density at radius 2 is 1.84 bits per heavy atom. The first kappa shape index (κ1) is 22.9. The number of hydrogen-bond acceptors (Lipinski definition) is 6. The van der Waals surface area contributed by atoms with E-state index in [1.165, 1.54) is 6.07 Å². The van der Waals surface area contributed by atoms with E-state index < -0.39 is 23.0 Å². The average Bonchev–Trinajstić information content (AvgIpc) is 3.33. The molecule has 31 heavy (non-hydrogen) atoms. The SMILES string of the molecule is CC(=CCCC1(C)OC1C)C(=O)OCC(C)(C)CC1=C(O)c2ccccc2C(=O)C1=O. The molecule has 1 saturated heterocycles. The van der Waals surface area contributed by atoms with Gasteiger partial charge in [-0.1, -0.05) is 44.2 Å². The first-order valence-corrected chi connectivity index (χ1v) is 10.6. The zero-order chi connectivity index (χ0) is 23.0. The molecule has 2 aliphatic rings. The molecule has 0 saturated carbocycles. The molecule has 1 aliphatic carbocycles. The molecule has 1 aromatic carbocycles. The number of aliphatic hydroxyl groups is 1. The second kappa shape index (κ2) is 8.42. The van der Waals surface area contributed by atoms with Crippen molar-refractivity contribution in [3.05, 3.63) is 52.6 Å². The number of ketones is 2. The number of rotatable bonds is 8. The van der Waals surface area contributed by atoms with Crippen LogP contribution < -0.4 is 0 Å². The summed E-state index contributed by atoms with van der Waals surface area (Å²) in [5.41, 5.74) is 0.402. The number of epoxide rings is 1. The maximum Gasteiger partial charge on any atom is 0.333 e. The van der Waals surface area contributed by atoms with Gasteiger partial charge in [0.1, 0.15) is 5.76 Å². The summed E-state index contributed by atoms with van der Waals surface area (Å²) in [6.45, 7) is 9.50. The van der Waals surface area contributed by atoms with Crippen LogP contribution in [-0.2, 0) is 19.1 Å². The van der Waals surface area contributed by atoms with Gasteiger partial charge in [0.05, 0.1) is 18.3 Å². The molecule has 1 aromatic rings. The van der Waals surface area contributed by atoms with E-state index in [-0.39, 0.29) is 41.6 Å². The Morgan fingerprint density at radius 1 is 1.23 bits per heavy atom. The molecule has 6 heteroatoms. The summed E-state index contributed by atoms with van der Waals surface area (Å²) in [7, 11) is 0. The minimum Gasteiger partial charge on any atom is -0.507 e. The predicted molar refractivity (Wildman–Crippen MR) is 117 cm³/mol. The zero-order valence-corrected chi connectivity index (χ0v) is 18.8. The van der Waals surface area contributed by atoms with Crippen molar-refractivity contribution in [3.8, 4) is 0 Å². The summed E-state index contributed by atoms with van der Waals surface area (Å²) in [5, 5.41) is 10.6. The van der Waals surface area contributed by atoms with Crippen molar-refractivity contribution in [3.63, 3.8) is 0 Å². The van der Waals surface area contributed by atoms with Crippen molar-refractivity contribution >= 4 is 23.3 Å². The summed E-state index contributed by atoms with van der Waals surface area (Å²) in [6, 6.07) is 6.50. The normalized spacial score (nSPS) is 23.6. The van der Waals surface area contributed by atoms with E-state index in [0.717, 1.165) is 12.8 Å². The second-order valence-corrected chi connectivity index (χ2v) is 9.45. The third kappa shape index (κ3) is 4.96. The van der Waals surface area contributed by atoms with Crippen molar-refractivity contribution in [2.45, 2.75) is 65.6 Å². The van der Waals surface area contributed by atoms with Gasteiger partial charge in [0.25, 0.3) is 0 Å². The van der Waals surface area contributed by atoms with Gasteiger partial charge < -0.3 is 14.6 Å². The van der Waals surface area contributed by atoms with Crippen LogP contribution in [0.25, 0.3) is 5.76 Å². The Kier molecular flexibility index (Phi) is 6.23. The minimum atomic E-state index is -0.711. The summed E-state index contributed by atoms with van der Waals surface area (Å²) >= 11 is 0. The van der Waals surface area contributed by atoms with Crippen LogP contribution in [-0.4, -0.2) is 41.0 Å². The molecule has 0 aromatic heterocycles. The topological polar surface area (TPSA) is 93.2 Å². The van der Waals surface area contributed by atoms with Crippen molar-refractivity contribution in [2.75, 3.05) is 6.61 Å². The quantitative estimate of drug-likeness (QED) is 0.283. The Labute approximate surface area is 182 Å². The fourth-order valence-corrected chi connectivity index (χ4v) is 3.78. The lowest BCUT2D eigenvalue weighted by Gasteiger charge is -2.27. The summed E-state index contributed by atoms with van der Waals surface area (Å²) < 4.78 is 11.0. The highest BCUT2D eigenvalue weighted by Gasteiger charge is 2.47. The molecule has 3 rings (SSSR count). The average molecular weight is 427 g/mol. The first-order chi connectivity index (χ1) is 14.4. The standard InChI is InChI=1S/C25H30O6/c1-15(9-8-12-25(5)16(2)31-25)23(29)30-14-24(3,4)13-19-20(26)17-10-6-7-11-18(17)21(27)22(19)28/h6-7,9-11,16,26H,8,12-14H2,1-5H3. The monoisotopic (exact) mass is 426 g/mol. The molecule has 1 fully saturated rings. The van der Waals surface area contributed by atoms with Gasteiger partial charge in [0.2, 0.25) is 11.6 Å². The van der Waals surface area contributed by atoms with Crippen molar-refractivity contribution in [2.24, 2.45) is 5.41 Å². The number of allylic oxidation sites excluding steroid dienone is 2. The first-order valence-electron chi connectivity index (χ1n) is 10.6. The van der Waals surface area contributed by atoms with Crippen molar-refractivity contribution in [1.82, 2.24) is 0 Å². The minimum absolute atomic E-state index is 0.0504. The largest absolute Gasteiger partial charge is 0.507 e. The van der Waals surface area contributed by atoms with E-state index in [2.05, 4.69) is 6.92 Å². The van der Waals surface area contributed by atoms with E-state index in [1.807, 2.05) is 26.8 Å². The van der Waals surface area contributed by atoms with Crippen molar-refractivity contribution in [1.29, 1.82) is 0 Å². The number of Topliss-reactive ketones (excluding diaryl/α,β-unsaturated/α-hetero) is 2. The molecule has 6 nitrogen and oxygen atoms in total. The molecule has 1 heterocycles. The van der Waals surface area contributed by atoms with E-state index in [1.54, 1.807) is 25.1 Å². The van der Waals surface area contributed by atoms with Crippen LogP contribution in [0.1, 0.15) is 69.8 Å². The lowest BCUT2D eigenvalue weighted by Crippen LogP contribution is -2.30. The molecule has 2 atom stereocenters. The van der Waals surface area contributed by atoms with Crippen LogP contribution in [0.3, 0.4) is 0 Å². The van der Waals surface area contributed by atoms with Gasteiger partial charge >= 0.3 is 5.97 Å². The lowest BCUT2D eigenvalue weighted by molar-refractivity contribution is -0.141. The lowest BCUT2D eigenvalue weighted by atomic mass is 9.79. The zero-order valence-electron chi connectivity index (χ0n) is 18.8. The number of ether oxygens (including phenoxy) is 2. The molecular weight excluding hydrogens is 396 g/mol. The van der Waals surface area contributed by atoms with E-state index in [9.17, 15) is 19.5 Å². The number of esters is 1. The highest BCUT2D eigenvalue weighted by atomic mass is 16.6. The van der Waals surface area contributed by atoms with E-state index in [0.29, 0.717) is 11.1 Å². The van der Waals surface area contributed by atoms with Gasteiger partial charge in [0.15, 0.2) is 0 Å². The maximum absolute atomic E-state index is 12.6. The molecule has 0 spiro atoms. The van der Waals surface area contributed by atoms with Gasteiger partial charge in [-0.15, -0.1) is 0 Å². The fraction of sp³-hybridized carbons (Fsp3) is 0.480. The summed E-state index contributed by atoms with van der Waals surface area (Å²) in [5.74, 6) is -1.94. The maximum atomic E-state index is 12.6. The number of carbonyl (C=O) groups excluding carboxylic acids is 3. The molecule has 1 aliphatic heterocycles. The van der Waals surface area contributed by atoms with Crippen LogP contribution in [0.2, 0.25) is 0 Å². The molecule has 0 amide bonds. The van der Waals surface area contributed by atoms with E-state index in [4.69, 9.17) is 9.47 Å².